The van der Waals surface area contributed by atoms with Gasteiger partial charge in [-0.05, 0) is 64.3 Å². The third-order valence-electron chi connectivity index (χ3n) is 4.74. The lowest BCUT2D eigenvalue weighted by atomic mass is 9.89. The summed E-state index contributed by atoms with van der Waals surface area (Å²) >= 11 is 3.94. The van der Waals surface area contributed by atoms with E-state index >= 15 is 0 Å². The van der Waals surface area contributed by atoms with Crippen LogP contribution in [0.3, 0.4) is 0 Å². The number of hydrogen-bond acceptors (Lipinski definition) is 3. The topological polar surface area (TPSA) is 24.5 Å². The molecule has 0 amide bonds. The number of aryl methyl sites for hydroxylation is 1. The highest BCUT2D eigenvalue weighted by atomic mass is 79.9. The van der Waals surface area contributed by atoms with E-state index in [1.54, 1.807) is 12.7 Å². The van der Waals surface area contributed by atoms with Crippen LogP contribution in [0.5, 0.6) is 0 Å². The van der Waals surface area contributed by atoms with Gasteiger partial charge in [0.1, 0.15) is 0 Å². The molecule has 1 aromatic carbocycles. The predicted octanol–water partition coefficient (Wildman–Crippen LogP) is 3.10. The van der Waals surface area contributed by atoms with Gasteiger partial charge >= 0.3 is 0 Å². The molecule has 0 saturated carbocycles. The normalized spacial score (nSPS) is 21.7. The van der Waals surface area contributed by atoms with Crippen molar-refractivity contribution >= 4 is 21.6 Å². The molecule has 1 N–H and O–H groups in total. The van der Waals surface area contributed by atoms with Crippen LogP contribution in [0.4, 0.5) is 5.69 Å². The quantitative estimate of drug-likeness (QED) is 0.904. The van der Waals surface area contributed by atoms with E-state index in [1.807, 2.05) is 0 Å². The number of rotatable bonds is 3. The smallest absolute Gasteiger partial charge is 0.0637 e. The molecule has 0 bridgehead atoms. The number of hydrogen-bond donors (Lipinski definition) is 1. The number of fused-ring (bicyclic) bond motifs is 2. The van der Waals surface area contributed by atoms with E-state index in [0.717, 1.165) is 39.2 Å². The zero-order valence-corrected chi connectivity index (χ0v) is 14.6. The van der Waals surface area contributed by atoms with Crippen molar-refractivity contribution in [3.05, 3.63) is 27.2 Å². The molecule has 4 heteroatoms. The van der Waals surface area contributed by atoms with Crippen molar-refractivity contribution in [1.82, 2.24) is 5.32 Å². The molecule has 2 aliphatic heterocycles. The van der Waals surface area contributed by atoms with Gasteiger partial charge < -0.3 is 15.0 Å². The number of ether oxygens (including phenoxy) is 1. The molecule has 21 heavy (non-hydrogen) atoms. The fourth-order valence-corrected chi connectivity index (χ4v) is 4.55. The van der Waals surface area contributed by atoms with Crippen molar-refractivity contribution in [3.63, 3.8) is 0 Å². The molecule has 3 rings (SSSR count). The minimum atomic E-state index is 0.596. The van der Waals surface area contributed by atoms with E-state index in [4.69, 9.17) is 4.74 Å². The average molecular weight is 353 g/mol. The van der Waals surface area contributed by atoms with Gasteiger partial charge in [0.15, 0.2) is 0 Å². The van der Waals surface area contributed by atoms with Crippen LogP contribution in [0.1, 0.15) is 36.0 Å². The molecule has 0 radical (unpaired) electrons. The maximum Gasteiger partial charge on any atom is 0.0637 e. The lowest BCUT2D eigenvalue weighted by molar-refractivity contribution is 0.205. The molecule has 116 valence electrons. The summed E-state index contributed by atoms with van der Waals surface area (Å²) in [7, 11) is 1.78. The van der Waals surface area contributed by atoms with E-state index < -0.39 is 0 Å². The lowest BCUT2D eigenvalue weighted by Gasteiger charge is -2.34. The third kappa shape index (κ3) is 2.99. The summed E-state index contributed by atoms with van der Waals surface area (Å²) in [6.45, 7) is 7.41. The molecule has 1 unspecified atom stereocenters. The molecule has 0 saturated heterocycles. The fourth-order valence-electron chi connectivity index (χ4n) is 3.62. The Hall–Kier alpha value is -0.580. The summed E-state index contributed by atoms with van der Waals surface area (Å²) in [5.41, 5.74) is 5.98. The van der Waals surface area contributed by atoms with Crippen LogP contribution < -0.4 is 10.2 Å². The van der Waals surface area contributed by atoms with Crippen LogP contribution >= 0.6 is 15.9 Å². The van der Waals surface area contributed by atoms with Crippen molar-refractivity contribution in [1.29, 1.82) is 0 Å². The highest BCUT2D eigenvalue weighted by molar-refractivity contribution is 9.10. The second-order valence-corrected chi connectivity index (χ2v) is 7.00. The van der Waals surface area contributed by atoms with E-state index in [9.17, 15) is 0 Å². The molecule has 0 fully saturated rings. The molecular formula is C17H25BrN2O. The van der Waals surface area contributed by atoms with Gasteiger partial charge in [-0.25, -0.2) is 0 Å². The Morgan fingerprint density at radius 2 is 2.29 bits per heavy atom. The molecule has 0 aromatic heterocycles. The van der Waals surface area contributed by atoms with Crippen LogP contribution in [0.15, 0.2) is 10.5 Å². The SMILES string of the molecule is COCCN1CCCc2cc3c(c(Br)c21)CCNCC3C. The van der Waals surface area contributed by atoms with Gasteiger partial charge in [0.05, 0.1) is 12.3 Å². The summed E-state index contributed by atoms with van der Waals surface area (Å²) in [5.74, 6) is 0.596. The van der Waals surface area contributed by atoms with Crippen LogP contribution in [-0.4, -0.2) is 39.9 Å². The Bertz CT molecular complexity index is 518. The third-order valence-corrected chi connectivity index (χ3v) is 5.60. The van der Waals surface area contributed by atoms with E-state index in [2.05, 4.69) is 39.1 Å². The second kappa shape index (κ2) is 6.67. The summed E-state index contributed by atoms with van der Waals surface area (Å²) in [5, 5.41) is 3.55. The average Bonchev–Trinajstić information content (AvgIpc) is 2.68. The lowest BCUT2D eigenvalue weighted by Crippen LogP contribution is -2.33. The Labute approximate surface area is 136 Å². The van der Waals surface area contributed by atoms with Crippen molar-refractivity contribution < 1.29 is 4.74 Å². The van der Waals surface area contributed by atoms with Gasteiger partial charge in [-0.15, -0.1) is 0 Å². The molecule has 1 aromatic rings. The van der Waals surface area contributed by atoms with Gasteiger partial charge in [0.25, 0.3) is 0 Å². The Morgan fingerprint density at radius 1 is 1.43 bits per heavy atom. The van der Waals surface area contributed by atoms with Gasteiger partial charge in [-0.2, -0.15) is 0 Å². The highest BCUT2D eigenvalue weighted by Crippen LogP contribution is 2.41. The van der Waals surface area contributed by atoms with Gasteiger partial charge in [-0.3, -0.25) is 0 Å². The first-order chi connectivity index (χ1) is 10.2. The van der Waals surface area contributed by atoms with Crippen LogP contribution in [-0.2, 0) is 17.6 Å². The predicted molar refractivity (Wildman–Crippen MR) is 91.5 cm³/mol. The van der Waals surface area contributed by atoms with Crippen molar-refractivity contribution in [2.24, 2.45) is 0 Å². The summed E-state index contributed by atoms with van der Waals surface area (Å²) in [6, 6.07) is 2.48. The monoisotopic (exact) mass is 352 g/mol. The second-order valence-electron chi connectivity index (χ2n) is 6.20. The molecule has 2 heterocycles. The Kier molecular flexibility index (Phi) is 4.87. The minimum Gasteiger partial charge on any atom is -0.383 e. The van der Waals surface area contributed by atoms with Gasteiger partial charge in [0.2, 0.25) is 0 Å². The van der Waals surface area contributed by atoms with E-state index in [1.165, 1.54) is 34.1 Å². The summed E-state index contributed by atoms with van der Waals surface area (Å²) < 4.78 is 6.62. The van der Waals surface area contributed by atoms with Crippen LogP contribution in [0, 0.1) is 0 Å². The highest BCUT2D eigenvalue weighted by Gasteiger charge is 2.26. The molecule has 3 nitrogen and oxygen atoms in total. The standard InChI is InChI=1S/C17H25BrN2O/c1-12-11-19-6-5-14-15(12)10-13-4-3-7-20(8-9-21-2)17(13)16(14)18/h10,12,19H,3-9,11H2,1-2H3. The van der Waals surface area contributed by atoms with E-state index in [-0.39, 0.29) is 0 Å². The molecule has 2 aliphatic rings. The molecule has 0 spiro atoms. The first-order valence-corrected chi connectivity index (χ1v) is 8.80. The maximum absolute atomic E-state index is 5.28. The minimum absolute atomic E-state index is 0.596. The fraction of sp³-hybridized carbons (Fsp3) is 0.647. The number of nitrogens with one attached hydrogen (secondary N) is 1. The molecule has 0 aliphatic carbocycles. The maximum atomic E-state index is 5.28. The zero-order chi connectivity index (χ0) is 14.8. The van der Waals surface area contributed by atoms with Gasteiger partial charge in [0, 0.05) is 31.2 Å². The largest absolute Gasteiger partial charge is 0.383 e. The van der Waals surface area contributed by atoms with Crippen molar-refractivity contribution in [2.75, 3.05) is 44.8 Å². The van der Waals surface area contributed by atoms with E-state index in [0.29, 0.717) is 5.92 Å². The number of methoxy groups -OCH3 is 1. The number of anilines is 1. The van der Waals surface area contributed by atoms with Crippen LogP contribution in [0.2, 0.25) is 0 Å². The van der Waals surface area contributed by atoms with Crippen molar-refractivity contribution in [3.8, 4) is 0 Å². The van der Waals surface area contributed by atoms with Gasteiger partial charge in [-0.1, -0.05) is 13.0 Å². The Morgan fingerprint density at radius 3 is 3.10 bits per heavy atom. The first kappa shape index (κ1) is 15.3. The molecule has 1 atom stereocenters. The van der Waals surface area contributed by atoms with Crippen molar-refractivity contribution in [2.45, 2.75) is 32.1 Å². The summed E-state index contributed by atoms with van der Waals surface area (Å²) in [6.07, 6.45) is 3.56. The summed E-state index contributed by atoms with van der Waals surface area (Å²) in [4.78, 5) is 2.50. The number of halogens is 1. The zero-order valence-electron chi connectivity index (χ0n) is 13.0. The molecular weight excluding hydrogens is 328 g/mol. The first-order valence-electron chi connectivity index (χ1n) is 8.01. The number of nitrogens with zero attached hydrogens (tertiary/aromatic N) is 1. The van der Waals surface area contributed by atoms with Crippen LogP contribution in [0.25, 0.3) is 0 Å². The Balaban J connectivity index is 2.04. The number of benzene rings is 1.